The van der Waals surface area contributed by atoms with E-state index in [0.29, 0.717) is 12.3 Å². The maximum atomic E-state index is 10.8. The van der Waals surface area contributed by atoms with Gasteiger partial charge in [-0.1, -0.05) is 13.8 Å². The summed E-state index contributed by atoms with van der Waals surface area (Å²) in [6.45, 7) is 4.05. The molecule has 0 spiro atoms. The van der Waals surface area contributed by atoms with Crippen molar-refractivity contribution < 1.29 is 14.6 Å². The van der Waals surface area contributed by atoms with Crippen molar-refractivity contribution in [1.82, 2.24) is 0 Å². The van der Waals surface area contributed by atoms with Crippen molar-refractivity contribution in [2.45, 2.75) is 26.4 Å². The van der Waals surface area contributed by atoms with Crippen LogP contribution in [0.1, 0.15) is 20.3 Å². The van der Waals surface area contributed by atoms with Crippen molar-refractivity contribution in [2.24, 2.45) is 17.8 Å². The summed E-state index contributed by atoms with van der Waals surface area (Å²) in [7, 11) is 1.65. The summed E-state index contributed by atoms with van der Waals surface area (Å²) >= 11 is 0. The van der Waals surface area contributed by atoms with Gasteiger partial charge in [-0.15, -0.1) is 0 Å². The van der Waals surface area contributed by atoms with E-state index in [2.05, 4.69) is 6.92 Å². The van der Waals surface area contributed by atoms with E-state index in [1.807, 2.05) is 6.92 Å². The highest BCUT2D eigenvalue weighted by Crippen LogP contribution is 2.38. The molecule has 0 aromatic rings. The zero-order valence-corrected chi connectivity index (χ0v) is 7.78. The second-order valence-electron chi connectivity index (χ2n) is 3.67. The molecule has 70 valence electrons. The van der Waals surface area contributed by atoms with Crippen LogP contribution in [0.25, 0.3) is 0 Å². The Morgan fingerprint density at radius 1 is 1.42 bits per heavy atom. The lowest BCUT2D eigenvalue weighted by molar-refractivity contribution is -0.143. The van der Waals surface area contributed by atoms with Crippen LogP contribution in [0.3, 0.4) is 0 Å². The molecule has 1 saturated carbocycles. The normalized spacial score (nSPS) is 41.6. The third-order valence-corrected chi connectivity index (χ3v) is 3.16. The number of carboxylic acid groups (broad SMARTS) is 1. The van der Waals surface area contributed by atoms with E-state index in [9.17, 15) is 4.79 Å². The summed E-state index contributed by atoms with van der Waals surface area (Å²) < 4.78 is 5.21. The SMILES string of the molecule is CO[C@@H]1C[C@H](C(=O)O)[C@@H](C)[C@H]1C. The second kappa shape index (κ2) is 3.44. The van der Waals surface area contributed by atoms with Crippen molar-refractivity contribution in [3.8, 4) is 0 Å². The lowest BCUT2D eigenvalue weighted by atomic mass is 9.92. The summed E-state index contributed by atoms with van der Waals surface area (Å²) in [5, 5.41) is 8.86. The largest absolute Gasteiger partial charge is 0.481 e. The Morgan fingerprint density at radius 2 is 2.00 bits per heavy atom. The zero-order valence-electron chi connectivity index (χ0n) is 7.78. The topological polar surface area (TPSA) is 46.5 Å². The van der Waals surface area contributed by atoms with Gasteiger partial charge in [-0.05, 0) is 18.3 Å². The van der Waals surface area contributed by atoms with E-state index in [1.165, 1.54) is 0 Å². The fraction of sp³-hybridized carbons (Fsp3) is 0.889. The van der Waals surface area contributed by atoms with Crippen LogP contribution in [-0.4, -0.2) is 24.3 Å². The van der Waals surface area contributed by atoms with Gasteiger partial charge in [0.1, 0.15) is 0 Å². The third kappa shape index (κ3) is 1.46. The minimum atomic E-state index is -0.686. The fourth-order valence-corrected chi connectivity index (χ4v) is 2.02. The molecule has 0 aromatic heterocycles. The van der Waals surface area contributed by atoms with Gasteiger partial charge >= 0.3 is 5.97 Å². The van der Waals surface area contributed by atoms with Crippen LogP contribution in [-0.2, 0) is 9.53 Å². The summed E-state index contributed by atoms with van der Waals surface area (Å²) in [4.78, 5) is 10.8. The Balaban J connectivity index is 2.66. The smallest absolute Gasteiger partial charge is 0.306 e. The molecule has 0 saturated heterocycles. The first-order chi connectivity index (χ1) is 5.57. The van der Waals surface area contributed by atoms with Gasteiger partial charge in [0.05, 0.1) is 12.0 Å². The number of hydrogen-bond donors (Lipinski definition) is 1. The Hall–Kier alpha value is -0.570. The van der Waals surface area contributed by atoms with Crippen molar-refractivity contribution in [1.29, 1.82) is 0 Å². The van der Waals surface area contributed by atoms with E-state index in [4.69, 9.17) is 9.84 Å². The molecule has 0 aromatic carbocycles. The first-order valence-electron chi connectivity index (χ1n) is 4.33. The van der Waals surface area contributed by atoms with Crippen molar-refractivity contribution in [2.75, 3.05) is 7.11 Å². The Kier molecular flexibility index (Phi) is 2.73. The molecule has 0 aliphatic heterocycles. The maximum Gasteiger partial charge on any atom is 0.306 e. The zero-order chi connectivity index (χ0) is 9.30. The molecule has 0 bridgehead atoms. The van der Waals surface area contributed by atoms with Crippen LogP contribution >= 0.6 is 0 Å². The predicted octanol–water partition coefficient (Wildman–Crippen LogP) is 1.38. The molecule has 12 heavy (non-hydrogen) atoms. The summed E-state index contributed by atoms with van der Waals surface area (Å²) in [5.74, 6) is -0.317. The van der Waals surface area contributed by atoms with Crippen LogP contribution in [0, 0.1) is 17.8 Å². The summed E-state index contributed by atoms with van der Waals surface area (Å²) in [5.41, 5.74) is 0. The molecule has 0 heterocycles. The lowest BCUT2D eigenvalue weighted by Gasteiger charge is -2.16. The molecule has 0 unspecified atom stereocenters. The van der Waals surface area contributed by atoms with Gasteiger partial charge in [-0.3, -0.25) is 4.79 Å². The highest BCUT2D eigenvalue weighted by Gasteiger charge is 2.41. The summed E-state index contributed by atoms with van der Waals surface area (Å²) in [6.07, 6.45) is 0.787. The lowest BCUT2D eigenvalue weighted by Crippen LogP contribution is -2.18. The van der Waals surface area contributed by atoms with Crippen molar-refractivity contribution >= 4 is 5.97 Å². The molecular formula is C9H16O3. The molecule has 4 atom stereocenters. The molecule has 3 heteroatoms. The molecule has 1 fully saturated rings. The van der Waals surface area contributed by atoms with E-state index in [1.54, 1.807) is 7.11 Å². The highest BCUT2D eigenvalue weighted by molar-refractivity contribution is 5.70. The van der Waals surface area contributed by atoms with Crippen LogP contribution in [0.5, 0.6) is 0 Å². The summed E-state index contributed by atoms with van der Waals surface area (Å²) in [6, 6.07) is 0. The van der Waals surface area contributed by atoms with E-state index >= 15 is 0 Å². The number of ether oxygens (including phenoxy) is 1. The molecule has 1 aliphatic carbocycles. The van der Waals surface area contributed by atoms with Crippen LogP contribution in [0.2, 0.25) is 0 Å². The number of aliphatic carboxylic acids is 1. The van der Waals surface area contributed by atoms with Crippen LogP contribution < -0.4 is 0 Å². The Bertz CT molecular complexity index is 179. The molecule has 1 aliphatic rings. The van der Waals surface area contributed by atoms with E-state index in [0.717, 1.165) is 0 Å². The minimum absolute atomic E-state index is 0.126. The number of carbonyl (C=O) groups is 1. The number of carboxylic acids is 1. The van der Waals surface area contributed by atoms with Gasteiger partial charge in [0.2, 0.25) is 0 Å². The monoisotopic (exact) mass is 172 g/mol. The van der Waals surface area contributed by atoms with Gasteiger partial charge < -0.3 is 9.84 Å². The van der Waals surface area contributed by atoms with Gasteiger partial charge in [-0.2, -0.15) is 0 Å². The molecule has 1 N–H and O–H groups in total. The first kappa shape index (κ1) is 9.52. The number of rotatable bonds is 2. The number of methoxy groups -OCH3 is 1. The average Bonchev–Trinajstić information content (AvgIpc) is 2.30. The fourth-order valence-electron chi connectivity index (χ4n) is 2.02. The molecule has 0 amide bonds. The third-order valence-electron chi connectivity index (χ3n) is 3.16. The van der Waals surface area contributed by atoms with E-state index < -0.39 is 5.97 Å². The molecular weight excluding hydrogens is 156 g/mol. The second-order valence-corrected chi connectivity index (χ2v) is 3.67. The number of hydrogen-bond acceptors (Lipinski definition) is 2. The quantitative estimate of drug-likeness (QED) is 0.684. The van der Waals surface area contributed by atoms with Gasteiger partial charge in [0.25, 0.3) is 0 Å². The highest BCUT2D eigenvalue weighted by atomic mass is 16.5. The maximum absolute atomic E-state index is 10.8. The van der Waals surface area contributed by atoms with Crippen LogP contribution in [0.15, 0.2) is 0 Å². The molecule has 3 nitrogen and oxygen atoms in total. The predicted molar refractivity (Wildman–Crippen MR) is 44.9 cm³/mol. The Morgan fingerprint density at radius 3 is 2.25 bits per heavy atom. The van der Waals surface area contributed by atoms with Gasteiger partial charge in [-0.25, -0.2) is 0 Å². The average molecular weight is 172 g/mol. The van der Waals surface area contributed by atoms with Crippen LogP contribution in [0.4, 0.5) is 0 Å². The van der Waals surface area contributed by atoms with Gasteiger partial charge in [0.15, 0.2) is 0 Å². The Labute approximate surface area is 72.7 Å². The van der Waals surface area contributed by atoms with Gasteiger partial charge in [0, 0.05) is 7.11 Å². The van der Waals surface area contributed by atoms with Crippen molar-refractivity contribution in [3.63, 3.8) is 0 Å². The standard InChI is InChI=1S/C9H16O3/c1-5-6(2)8(12-3)4-7(5)9(10)11/h5-8H,4H2,1-3H3,(H,10,11)/t5-,6+,7-,8+/m0/s1. The van der Waals surface area contributed by atoms with E-state index in [-0.39, 0.29) is 17.9 Å². The minimum Gasteiger partial charge on any atom is -0.481 e. The molecule has 1 rings (SSSR count). The van der Waals surface area contributed by atoms with Crippen molar-refractivity contribution in [3.05, 3.63) is 0 Å². The molecule has 0 radical (unpaired) electrons. The first-order valence-corrected chi connectivity index (χ1v) is 4.33.